The molecule has 7 nitrogen and oxygen atoms in total. The zero-order valence-corrected chi connectivity index (χ0v) is 19.4. The smallest absolute Gasteiger partial charge is 0.271 e. The number of benzene rings is 3. The molecule has 0 heterocycles. The average molecular weight is 486 g/mol. The zero-order chi connectivity index (χ0) is 23.8. The van der Waals surface area contributed by atoms with Crippen LogP contribution in [0.4, 0.5) is 5.69 Å². The van der Waals surface area contributed by atoms with E-state index in [1.807, 2.05) is 13.0 Å². The summed E-state index contributed by atoms with van der Waals surface area (Å²) in [5, 5.41) is 7.69. The molecule has 0 bridgehead atoms. The van der Waals surface area contributed by atoms with Crippen molar-refractivity contribution in [2.24, 2.45) is 5.10 Å². The number of hydrazone groups is 1. The van der Waals surface area contributed by atoms with Crippen molar-refractivity contribution in [1.29, 1.82) is 0 Å². The van der Waals surface area contributed by atoms with Crippen molar-refractivity contribution in [3.05, 3.63) is 87.4 Å². The van der Waals surface area contributed by atoms with Crippen LogP contribution in [0.15, 0.2) is 65.8 Å². The van der Waals surface area contributed by atoms with Crippen LogP contribution in [0.5, 0.6) is 11.5 Å². The summed E-state index contributed by atoms with van der Waals surface area (Å²) in [6.45, 7) is 1.63. The van der Waals surface area contributed by atoms with E-state index in [0.29, 0.717) is 38.4 Å². The Labute approximate surface area is 201 Å². The van der Waals surface area contributed by atoms with Crippen LogP contribution in [0.1, 0.15) is 21.5 Å². The monoisotopic (exact) mass is 485 g/mol. The van der Waals surface area contributed by atoms with Gasteiger partial charge in [-0.1, -0.05) is 35.3 Å². The number of aryl methyl sites for hydroxylation is 1. The summed E-state index contributed by atoms with van der Waals surface area (Å²) in [4.78, 5) is 24.6. The molecule has 9 heteroatoms. The molecule has 2 N–H and O–H groups in total. The quantitative estimate of drug-likeness (QED) is 0.343. The highest BCUT2D eigenvalue weighted by Crippen LogP contribution is 2.22. The number of rotatable bonds is 8. The van der Waals surface area contributed by atoms with Crippen molar-refractivity contribution < 1.29 is 19.1 Å². The summed E-state index contributed by atoms with van der Waals surface area (Å²) >= 11 is 12.2. The van der Waals surface area contributed by atoms with Gasteiger partial charge in [0.05, 0.1) is 13.3 Å². The summed E-state index contributed by atoms with van der Waals surface area (Å²) in [7, 11) is 1.52. The van der Waals surface area contributed by atoms with E-state index in [9.17, 15) is 9.59 Å². The van der Waals surface area contributed by atoms with Crippen LogP contribution in [0, 0.1) is 6.92 Å². The first kappa shape index (κ1) is 24.1. The van der Waals surface area contributed by atoms with Gasteiger partial charge in [-0.2, -0.15) is 5.10 Å². The zero-order valence-electron chi connectivity index (χ0n) is 17.9. The van der Waals surface area contributed by atoms with Crippen LogP contribution >= 0.6 is 23.2 Å². The number of methoxy groups -OCH3 is 1. The van der Waals surface area contributed by atoms with Gasteiger partial charge in [-0.15, -0.1) is 0 Å². The van der Waals surface area contributed by atoms with Crippen molar-refractivity contribution in [3.8, 4) is 11.5 Å². The predicted molar refractivity (Wildman–Crippen MR) is 130 cm³/mol. The highest BCUT2D eigenvalue weighted by Gasteiger charge is 2.09. The Hall–Kier alpha value is -3.55. The Morgan fingerprint density at radius 2 is 1.88 bits per heavy atom. The SMILES string of the molecule is COc1cccc(C(=O)N/N=C/c2cc(Cl)ccc2OCC(=O)Nc2ccc(C)c(Cl)c2)c1. The van der Waals surface area contributed by atoms with Crippen LogP contribution in [-0.2, 0) is 4.79 Å². The Bertz CT molecular complexity index is 1200. The van der Waals surface area contributed by atoms with E-state index >= 15 is 0 Å². The largest absolute Gasteiger partial charge is 0.497 e. The fourth-order valence-corrected chi connectivity index (χ4v) is 3.11. The van der Waals surface area contributed by atoms with Gasteiger partial charge in [0, 0.05) is 26.9 Å². The number of anilines is 1. The van der Waals surface area contributed by atoms with Crippen LogP contribution in [-0.4, -0.2) is 31.7 Å². The van der Waals surface area contributed by atoms with Crippen molar-refractivity contribution >= 4 is 46.9 Å². The lowest BCUT2D eigenvalue weighted by Crippen LogP contribution is -2.20. The molecule has 0 radical (unpaired) electrons. The Kier molecular flexibility index (Phi) is 8.29. The lowest BCUT2D eigenvalue weighted by Gasteiger charge is -2.11. The second-order valence-corrected chi connectivity index (χ2v) is 7.76. The van der Waals surface area contributed by atoms with E-state index in [1.165, 1.54) is 13.3 Å². The molecule has 0 aliphatic rings. The summed E-state index contributed by atoms with van der Waals surface area (Å²) in [6.07, 6.45) is 1.39. The van der Waals surface area contributed by atoms with Crippen LogP contribution in [0.3, 0.4) is 0 Å². The highest BCUT2D eigenvalue weighted by molar-refractivity contribution is 6.31. The number of hydrogen-bond acceptors (Lipinski definition) is 5. The molecule has 0 aliphatic carbocycles. The van der Waals surface area contributed by atoms with Crippen LogP contribution in [0.25, 0.3) is 0 Å². The molecule has 170 valence electrons. The van der Waals surface area contributed by atoms with Gasteiger partial charge >= 0.3 is 0 Å². The molecule has 0 aliphatic heterocycles. The van der Waals surface area contributed by atoms with E-state index in [2.05, 4.69) is 15.8 Å². The minimum absolute atomic E-state index is 0.246. The minimum atomic E-state index is -0.411. The summed E-state index contributed by atoms with van der Waals surface area (Å²) in [5.41, 5.74) is 4.79. The van der Waals surface area contributed by atoms with E-state index in [-0.39, 0.29) is 12.5 Å². The van der Waals surface area contributed by atoms with Gasteiger partial charge in [-0.3, -0.25) is 9.59 Å². The third-order valence-corrected chi connectivity index (χ3v) is 5.13. The van der Waals surface area contributed by atoms with E-state index in [4.69, 9.17) is 32.7 Å². The van der Waals surface area contributed by atoms with Gasteiger partial charge in [0.25, 0.3) is 11.8 Å². The fraction of sp³-hybridized carbons (Fsp3) is 0.125. The number of carbonyl (C=O) groups is 2. The number of nitrogens with zero attached hydrogens (tertiary/aromatic N) is 1. The molecule has 0 unspecified atom stereocenters. The lowest BCUT2D eigenvalue weighted by molar-refractivity contribution is -0.118. The molecule has 0 saturated heterocycles. The molecule has 0 aromatic heterocycles. The summed E-state index contributed by atoms with van der Waals surface area (Å²) in [5.74, 6) is 0.157. The molecule has 3 aromatic rings. The summed E-state index contributed by atoms with van der Waals surface area (Å²) < 4.78 is 10.7. The lowest BCUT2D eigenvalue weighted by atomic mass is 10.2. The molecular formula is C24H21Cl2N3O4. The van der Waals surface area contributed by atoms with Crippen LogP contribution < -0.4 is 20.2 Å². The molecule has 3 aromatic carbocycles. The molecule has 3 rings (SSSR count). The number of ether oxygens (including phenoxy) is 2. The van der Waals surface area contributed by atoms with E-state index in [1.54, 1.807) is 54.6 Å². The van der Waals surface area contributed by atoms with Crippen molar-refractivity contribution in [1.82, 2.24) is 5.43 Å². The third kappa shape index (κ3) is 6.97. The maximum Gasteiger partial charge on any atom is 0.271 e. The third-order valence-electron chi connectivity index (χ3n) is 4.49. The molecule has 0 spiro atoms. The van der Waals surface area contributed by atoms with Crippen LogP contribution in [0.2, 0.25) is 10.0 Å². The fourth-order valence-electron chi connectivity index (χ4n) is 2.75. The second kappa shape index (κ2) is 11.4. The molecule has 0 saturated carbocycles. The van der Waals surface area contributed by atoms with Crippen molar-refractivity contribution in [3.63, 3.8) is 0 Å². The first-order chi connectivity index (χ1) is 15.9. The van der Waals surface area contributed by atoms with E-state index in [0.717, 1.165) is 5.56 Å². The predicted octanol–water partition coefficient (Wildman–Crippen LogP) is 5.09. The first-order valence-corrected chi connectivity index (χ1v) is 10.6. The van der Waals surface area contributed by atoms with Crippen molar-refractivity contribution in [2.75, 3.05) is 19.0 Å². The van der Waals surface area contributed by atoms with Gasteiger partial charge in [0.1, 0.15) is 11.5 Å². The Morgan fingerprint density at radius 3 is 2.64 bits per heavy atom. The number of halogens is 2. The first-order valence-electron chi connectivity index (χ1n) is 9.81. The van der Waals surface area contributed by atoms with Gasteiger partial charge < -0.3 is 14.8 Å². The summed E-state index contributed by atoms with van der Waals surface area (Å²) in [6, 6.07) is 16.8. The molecule has 2 amide bonds. The number of hydrogen-bond donors (Lipinski definition) is 2. The van der Waals surface area contributed by atoms with Gasteiger partial charge in [0.2, 0.25) is 0 Å². The minimum Gasteiger partial charge on any atom is -0.497 e. The molecule has 0 fully saturated rings. The molecular weight excluding hydrogens is 465 g/mol. The molecule has 0 atom stereocenters. The highest BCUT2D eigenvalue weighted by atomic mass is 35.5. The number of amides is 2. The average Bonchev–Trinajstić information content (AvgIpc) is 2.81. The normalized spacial score (nSPS) is 10.7. The standard InChI is InChI=1S/C24H21Cl2N3O4/c1-15-6-8-19(12-21(15)26)28-23(30)14-33-22-9-7-18(25)10-17(22)13-27-29-24(31)16-4-3-5-20(11-16)32-2/h3-13H,14H2,1-2H3,(H,28,30)(H,29,31)/b27-13+. The van der Waals surface area contributed by atoms with Crippen molar-refractivity contribution in [2.45, 2.75) is 6.92 Å². The number of carbonyl (C=O) groups excluding carboxylic acids is 2. The maximum absolute atomic E-state index is 12.3. The Balaban J connectivity index is 1.62. The van der Waals surface area contributed by atoms with Gasteiger partial charge in [-0.05, 0) is 61.0 Å². The molecule has 33 heavy (non-hydrogen) atoms. The Morgan fingerprint density at radius 1 is 1.06 bits per heavy atom. The number of nitrogens with one attached hydrogen (secondary N) is 2. The van der Waals surface area contributed by atoms with Gasteiger partial charge in [0.15, 0.2) is 6.61 Å². The maximum atomic E-state index is 12.3. The topological polar surface area (TPSA) is 89.0 Å². The van der Waals surface area contributed by atoms with Gasteiger partial charge in [-0.25, -0.2) is 5.43 Å². The second-order valence-electron chi connectivity index (χ2n) is 6.91. The van der Waals surface area contributed by atoms with E-state index < -0.39 is 5.91 Å².